The highest BCUT2D eigenvalue weighted by Crippen LogP contribution is 2.20. The summed E-state index contributed by atoms with van der Waals surface area (Å²) < 4.78 is 0. The van der Waals surface area contributed by atoms with Gasteiger partial charge < -0.3 is 4.90 Å². The first-order valence-electron chi connectivity index (χ1n) is 5.88. The van der Waals surface area contributed by atoms with Crippen molar-refractivity contribution in [3.63, 3.8) is 0 Å². The van der Waals surface area contributed by atoms with Crippen LogP contribution in [-0.4, -0.2) is 38.9 Å². The van der Waals surface area contributed by atoms with Crippen molar-refractivity contribution < 1.29 is 4.79 Å². The van der Waals surface area contributed by atoms with Crippen molar-refractivity contribution in [2.24, 2.45) is 0 Å². The highest BCUT2D eigenvalue weighted by atomic mass is 79.9. The Bertz CT molecular complexity index is 436. The molecule has 0 aromatic carbocycles. The number of amides is 1. The molecule has 0 aliphatic carbocycles. The minimum Gasteiger partial charge on any atom is -0.337 e. The van der Waals surface area contributed by atoms with E-state index in [0.717, 1.165) is 37.3 Å². The Hall–Kier alpha value is -0.970. The van der Waals surface area contributed by atoms with Gasteiger partial charge >= 0.3 is 0 Å². The Labute approximate surface area is 110 Å². The lowest BCUT2D eigenvalue weighted by molar-refractivity contribution is 0.0791. The maximum atomic E-state index is 12.4. The van der Waals surface area contributed by atoms with Crippen molar-refractivity contribution in [3.05, 3.63) is 23.0 Å². The Morgan fingerprint density at radius 3 is 2.94 bits per heavy atom. The van der Waals surface area contributed by atoms with Crippen LogP contribution in [0.4, 0.5) is 0 Å². The lowest BCUT2D eigenvalue weighted by Gasteiger charge is -2.17. The number of aryl methyl sites for hydroxylation is 2. The van der Waals surface area contributed by atoms with Crippen molar-refractivity contribution in [1.82, 2.24) is 15.1 Å². The third-order valence-electron chi connectivity index (χ3n) is 2.98. The summed E-state index contributed by atoms with van der Waals surface area (Å²) in [7, 11) is 0. The van der Waals surface area contributed by atoms with Gasteiger partial charge in [0.15, 0.2) is 0 Å². The molecule has 1 fully saturated rings. The van der Waals surface area contributed by atoms with E-state index in [-0.39, 0.29) is 5.91 Å². The fourth-order valence-corrected chi connectivity index (χ4v) is 2.59. The van der Waals surface area contributed by atoms with Crippen LogP contribution >= 0.6 is 15.9 Å². The van der Waals surface area contributed by atoms with Crippen LogP contribution in [0.2, 0.25) is 0 Å². The largest absolute Gasteiger partial charge is 0.337 e. The van der Waals surface area contributed by atoms with E-state index in [9.17, 15) is 4.79 Å². The van der Waals surface area contributed by atoms with Crippen LogP contribution in [-0.2, 0) is 6.42 Å². The van der Waals surface area contributed by atoms with E-state index >= 15 is 0 Å². The lowest BCUT2D eigenvalue weighted by atomic mass is 10.1. The number of alkyl halides is 1. The van der Waals surface area contributed by atoms with Crippen molar-refractivity contribution in [2.45, 2.75) is 31.5 Å². The SMILES string of the molecule is CCc1nnc(C)cc1C(=O)N1CCC(Br)C1. The molecule has 0 radical (unpaired) electrons. The summed E-state index contributed by atoms with van der Waals surface area (Å²) >= 11 is 3.55. The van der Waals surface area contributed by atoms with Gasteiger partial charge in [0, 0.05) is 17.9 Å². The highest BCUT2D eigenvalue weighted by molar-refractivity contribution is 9.09. The fraction of sp³-hybridized carbons (Fsp3) is 0.583. The first-order chi connectivity index (χ1) is 8.11. The first kappa shape index (κ1) is 12.5. The van der Waals surface area contributed by atoms with Crippen LogP contribution in [0.1, 0.15) is 35.1 Å². The van der Waals surface area contributed by atoms with Gasteiger partial charge in [0.1, 0.15) is 0 Å². The molecule has 1 aliphatic heterocycles. The predicted octanol–water partition coefficient (Wildman–Crippen LogP) is 1.96. The van der Waals surface area contributed by atoms with Crippen molar-refractivity contribution in [1.29, 1.82) is 0 Å². The Morgan fingerprint density at radius 1 is 1.59 bits per heavy atom. The third-order valence-corrected chi connectivity index (χ3v) is 3.72. The minimum absolute atomic E-state index is 0.0850. The molecule has 5 heteroatoms. The summed E-state index contributed by atoms with van der Waals surface area (Å²) in [6, 6.07) is 1.84. The Kier molecular flexibility index (Phi) is 3.76. The monoisotopic (exact) mass is 297 g/mol. The number of carbonyl (C=O) groups is 1. The summed E-state index contributed by atoms with van der Waals surface area (Å²) in [5.41, 5.74) is 2.29. The topological polar surface area (TPSA) is 46.1 Å². The number of aromatic nitrogens is 2. The number of carbonyl (C=O) groups excluding carboxylic acids is 1. The third kappa shape index (κ3) is 2.65. The molecular formula is C12H16BrN3O. The smallest absolute Gasteiger partial charge is 0.255 e. The average Bonchev–Trinajstić information content (AvgIpc) is 2.75. The maximum Gasteiger partial charge on any atom is 0.255 e. The van der Waals surface area contributed by atoms with Crippen molar-refractivity contribution in [3.8, 4) is 0 Å². The van der Waals surface area contributed by atoms with Gasteiger partial charge in [0.05, 0.1) is 17.0 Å². The molecule has 2 heterocycles. The van der Waals surface area contributed by atoms with Gasteiger partial charge in [0.25, 0.3) is 5.91 Å². The molecule has 1 unspecified atom stereocenters. The van der Waals surface area contributed by atoms with Gasteiger partial charge in [-0.05, 0) is 25.8 Å². The minimum atomic E-state index is 0.0850. The molecule has 1 atom stereocenters. The number of hydrogen-bond donors (Lipinski definition) is 0. The second-order valence-electron chi connectivity index (χ2n) is 4.34. The summed E-state index contributed by atoms with van der Waals surface area (Å²) in [5.74, 6) is 0.0850. The molecule has 1 saturated heterocycles. The van der Waals surface area contributed by atoms with E-state index in [4.69, 9.17) is 0 Å². The van der Waals surface area contributed by atoms with Crippen molar-refractivity contribution in [2.75, 3.05) is 13.1 Å². The maximum absolute atomic E-state index is 12.4. The van der Waals surface area contributed by atoms with E-state index < -0.39 is 0 Å². The van der Waals surface area contributed by atoms with Gasteiger partial charge in [-0.25, -0.2) is 0 Å². The first-order valence-corrected chi connectivity index (χ1v) is 6.80. The van der Waals surface area contributed by atoms with Crippen LogP contribution in [0.25, 0.3) is 0 Å². The molecule has 1 amide bonds. The molecule has 17 heavy (non-hydrogen) atoms. The van der Waals surface area contributed by atoms with Gasteiger partial charge in [-0.1, -0.05) is 22.9 Å². The molecule has 1 aliphatic rings. The van der Waals surface area contributed by atoms with Crippen LogP contribution in [0.5, 0.6) is 0 Å². The van der Waals surface area contributed by atoms with Gasteiger partial charge in [0.2, 0.25) is 0 Å². The molecule has 0 saturated carbocycles. The molecular weight excluding hydrogens is 282 g/mol. The predicted molar refractivity (Wildman–Crippen MR) is 69.4 cm³/mol. The van der Waals surface area contributed by atoms with E-state index in [1.165, 1.54) is 0 Å². The number of halogens is 1. The fourth-order valence-electron chi connectivity index (χ4n) is 2.03. The Balaban J connectivity index is 2.26. The summed E-state index contributed by atoms with van der Waals surface area (Å²) in [4.78, 5) is 14.7. The van der Waals surface area contributed by atoms with Gasteiger partial charge in [-0.15, -0.1) is 0 Å². The summed E-state index contributed by atoms with van der Waals surface area (Å²) in [5, 5.41) is 8.10. The second kappa shape index (κ2) is 5.12. The second-order valence-corrected chi connectivity index (χ2v) is 5.63. The molecule has 2 rings (SSSR count). The average molecular weight is 298 g/mol. The quantitative estimate of drug-likeness (QED) is 0.784. The molecule has 4 nitrogen and oxygen atoms in total. The molecule has 1 aromatic rings. The number of rotatable bonds is 2. The van der Waals surface area contributed by atoms with Crippen LogP contribution in [0.15, 0.2) is 6.07 Å². The van der Waals surface area contributed by atoms with Gasteiger partial charge in [-0.2, -0.15) is 10.2 Å². The van der Waals surface area contributed by atoms with Crippen LogP contribution < -0.4 is 0 Å². The lowest BCUT2D eigenvalue weighted by Crippen LogP contribution is -2.30. The molecule has 1 aromatic heterocycles. The van der Waals surface area contributed by atoms with Crippen molar-refractivity contribution >= 4 is 21.8 Å². The zero-order chi connectivity index (χ0) is 12.4. The summed E-state index contributed by atoms with van der Waals surface area (Å²) in [6.45, 7) is 5.45. The zero-order valence-electron chi connectivity index (χ0n) is 10.1. The summed E-state index contributed by atoms with van der Waals surface area (Å²) in [6.07, 6.45) is 1.75. The number of likely N-dealkylation sites (tertiary alicyclic amines) is 1. The Morgan fingerprint density at radius 2 is 2.35 bits per heavy atom. The van der Waals surface area contributed by atoms with E-state index in [0.29, 0.717) is 10.4 Å². The standard InChI is InChI=1S/C12H16BrN3O/c1-3-11-10(6-8(2)14-15-11)12(17)16-5-4-9(13)7-16/h6,9H,3-5,7H2,1-2H3. The molecule has 0 spiro atoms. The number of hydrogen-bond acceptors (Lipinski definition) is 3. The van der Waals surface area contributed by atoms with E-state index in [2.05, 4.69) is 26.1 Å². The van der Waals surface area contributed by atoms with Crippen LogP contribution in [0.3, 0.4) is 0 Å². The molecule has 0 bridgehead atoms. The number of nitrogens with zero attached hydrogens (tertiary/aromatic N) is 3. The van der Waals surface area contributed by atoms with E-state index in [1.807, 2.05) is 24.8 Å². The van der Waals surface area contributed by atoms with Crippen LogP contribution in [0, 0.1) is 6.92 Å². The van der Waals surface area contributed by atoms with E-state index in [1.54, 1.807) is 0 Å². The molecule has 92 valence electrons. The normalized spacial score (nSPS) is 19.7. The zero-order valence-corrected chi connectivity index (χ0v) is 11.7. The molecule has 0 N–H and O–H groups in total. The highest BCUT2D eigenvalue weighted by Gasteiger charge is 2.26. The van der Waals surface area contributed by atoms with Gasteiger partial charge in [-0.3, -0.25) is 4.79 Å².